The third kappa shape index (κ3) is 3.48. The molecular weight excluding hydrogens is 342 g/mol. The molecule has 4 aromatic rings. The maximum Gasteiger partial charge on any atom is 0.257 e. The molecule has 0 aliphatic carbocycles. The summed E-state index contributed by atoms with van der Waals surface area (Å²) in [6, 6.07) is 14.5. The van der Waals surface area contributed by atoms with Gasteiger partial charge in [0.05, 0.1) is 23.1 Å². The number of pyridine rings is 2. The van der Waals surface area contributed by atoms with E-state index in [4.69, 9.17) is 4.74 Å². The van der Waals surface area contributed by atoms with Crippen LogP contribution in [-0.2, 0) is 7.05 Å². The first-order chi connectivity index (χ1) is 13.1. The molecule has 1 aromatic carbocycles. The van der Waals surface area contributed by atoms with Crippen molar-refractivity contribution in [2.75, 3.05) is 5.32 Å². The van der Waals surface area contributed by atoms with Crippen LogP contribution in [0, 0.1) is 6.92 Å². The predicted octanol–water partition coefficient (Wildman–Crippen LogP) is 3.72. The predicted molar refractivity (Wildman–Crippen MR) is 102 cm³/mol. The molecule has 7 nitrogen and oxygen atoms in total. The van der Waals surface area contributed by atoms with Gasteiger partial charge in [0.25, 0.3) is 5.91 Å². The Morgan fingerprint density at radius 1 is 1.07 bits per heavy atom. The number of hydrogen-bond donors (Lipinski definition) is 1. The van der Waals surface area contributed by atoms with Gasteiger partial charge in [-0.1, -0.05) is 18.2 Å². The van der Waals surface area contributed by atoms with Crippen molar-refractivity contribution in [3.63, 3.8) is 0 Å². The number of aromatic nitrogens is 4. The molecule has 0 bridgehead atoms. The van der Waals surface area contributed by atoms with Gasteiger partial charge in [0, 0.05) is 24.7 Å². The number of carbonyl (C=O) groups excluding carboxylic acids is 1. The van der Waals surface area contributed by atoms with Gasteiger partial charge in [-0.2, -0.15) is 5.10 Å². The first-order valence-electron chi connectivity index (χ1n) is 8.40. The Balaban J connectivity index is 1.49. The van der Waals surface area contributed by atoms with E-state index in [1.165, 1.54) is 6.20 Å². The standard InChI is InChI=1S/C20H17N5O2/c1-13-17-10-15(12-22-19(17)25(2)24-13)23-20(26)14-8-9-18(21-11-14)27-16-6-4-3-5-7-16/h3-12H,1-2H3,(H,23,26). The lowest BCUT2D eigenvalue weighted by molar-refractivity contribution is 0.102. The fourth-order valence-corrected chi connectivity index (χ4v) is 2.76. The fourth-order valence-electron chi connectivity index (χ4n) is 2.76. The molecule has 134 valence electrons. The molecule has 3 aromatic heterocycles. The van der Waals surface area contributed by atoms with Gasteiger partial charge in [0.1, 0.15) is 5.75 Å². The van der Waals surface area contributed by atoms with Gasteiger partial charge >= 0.3 is 0 Å². The van der Waals surface area contributed by atoms with E-state index in [0.29, 0.717) is 22.9 Å². The van der Waals surface area contributed by atoms with E-state index in [2.05, 4.69) is 20.4 Å². The number of aryl methyl sites for hydroxylation is 2. The van der Waals surface area contributed by atoms with E-state index in [9.17, 15) is 4.79 Å². The number of para-hydroxylation sites is 1. The van der Waals surface area contributed by atoms with Gasteiger partial charge in [-0.05, 0) is 31.2 Å². The summed E-state index contributed by atoms with van der Waals surface area (Å²) in [6.07, 6.45) is 3.09. The van der Waals surface area contributed by atoms with Crippen molar-refractivity contribution in [1.29, 1.82) is 0 Å². The van der Waals surface area contributed by atoms with Gasteiger partial charge in [-0.15, -0.1) is 0 Å². The Kier molecular flexibility index (Phi) is 4.25. The summed E-state index contributed by atoms with van der Waals surface area (Å²) in [4.78, 5) is 21.0. The van der Waals surface area contributed by atoms with E-state index in [1.807, 2.05) is 50.4 Å². The lowest BCUT2D eigenvalue weighted by Crippen LogP contribution is -2.12. The molecule has 0 radical (unpaired) electrons. The highest BCUT2D eigenvalue weighted by Gasteiger charge is 2.11. The molecule has 3 heterocycles. The number of nitrogens with zero attached hydrogens (tertiary/aromatic N) is 4. The molecule has 0 aliphatic rings. The average molecular weight is 359 g/mol. The Hall–Kier alpha value is -3.74. The number of amides is 1. The number of anilines is 1. The van der Waals surface area contributed by atoms with Gasteiger partial charge in [-0.25, -0.2) is 9.97 Å². The van der Waals surface area contributed by atoms with Gasteiger partial charge in [0.15, 0.2) is 5.65 Å². The zero-order chi connectivity index (χ0) is 18.8. The van der Waals surface area contributed by atoms with Crippen molar-refractivity contribution < 1.29 is 9.53 Å². The zero-order valence-electron chi connectivity index (χ0n) is 14.9. The number of carbonyl (C=O) groups is 1. The molecule has 4 rings (SSSR count). The Morgan fingerprint density at radius 3 is 2.63 bits per heavy atom. The van der Waals surface area contributed by atoms with E-state index in [1.54, 1.807) is 23.0 Å². The zero-order valence-corrected chi connectivity index (χ0v) is 14.9. The first-order valence-corrected chi connectivity index (χ1v) is 8.40. The molecule has 0 atom stereocenters. The van der Waals surface area contributed by atoms with Crippen molar-refractivity contribution >= 4 is 22.6 Å². The molecule has 0 saturated heterocycles. The minimum Gasteiger partial charge on any atom is -0.439 e. The minimum atomic E-state index is -0.267. The van der Waals surface area contributed by atoms with Crippen LogP contribution in [0.5, 0.6) is 11.6 Å². The number of ether oxygens (including phenoxy) is 1. The van der Waals surface area contributed by atoms with Crippen molar-refractivity contribution in [3.8, 4) is 11.6 Å². The summed E-state index contributed by atoms with van der Waals surface area (Å²) >= 11 is 0. The van der Waals surface area contributed by atoms with Crippen LogP contribution in [0.1, 0.15) is 16.1 Å². The lowest BCUT2D eigenvalue weighted by Gasteiger charge is -2.07. The summed E-state index contributed by atoms with van der Waals surface area (Å²) in [5.41, 5.74) is 2.67. The largest absolute Gasteiger partial charge is 0.439 e. The molecule has 0 saturated carbocycles. The van der Waals surface area contributed by atoms with E-state index in [0.717, 1.165) is 16.7 Å². The summed E-state index contributed by atoms with van der Waals surface area (Å²) in [5, 5.41) is 8.07. The third-order valence-electron chi connectivity index (χ3n) is 4.09. The van der Waals surface area contributed by atoms with Crippen LogP contribution in [0.3, 0.4) is 0 Å². The summed E-state index contributed by atoms with van der Waals surface area (Å²) < 4.78 is 7.35. The molecule has 0 fully saturated rings. The highest BCUT2D eigenvalue weighted by atomic mass is 16.5. The molecule has 1 N–H and O–H groups in total. The Labute approximate surface area is 155 Å². The summed E-state index contributed by atoms with van der Waals surface area (Å²) in [6.45, 7) is 1.91. The van der Waals surface area contributed by atoms with E-state index < -0.39 is 0 Å². The Bertz CT molecular complexity index is 1100. The molecule has 0 aliphatic heterocycles. The molecule has 0 unspecified atom stereocenters. The monoisotopic (exact) mass is 359 g/mol. The number of benzene rings is 1. The molecular formula is C20H17N5O2. The normalized spacial score (nSPS) is 10.7. The maximum absolute atomic E-state index is 12.5. The molecule has 7 heteroatoms. The molecule has 0 spiro atoms. The third-order valence-corrected chi connectivity index (χ3v) is 4.09. The topological polar surface area (TPSA) is 81.9 Å². The van der Waals surface area contributed by atoms with Crippen LogP contribution in [-0.4, -0.2) is 25.7 Å². The smallest absolute Gasteiger partial charge is 0.257 e. The highest BCUT2D eigenvalue weighted by molar-refractivity contribution is 6.04. The second kappa shape index (κ2) is 6.87. The highest BCUT2D eigenvalue weighted by Crippen LogP contribution is 2.21. The van der Waals surface area contributed by atoms with Crippen LogP contribution in [0.15, 0.2) is 60.9 Å². The van der Waals surface area contributed by atoms with E-state index >= 15 is 0 Å². The summed E-state index contributed by atoms with van der Waals surface area (Å²) in [5.74, 6) is 0.844. The second-order valence-electron chi connectivity index (χ2n) is 6.06. The lowest BCUT2D eigenvalue weighted by atomic mass is 10.2. The molecule has 1 amide bonds. The van der Waals surface area contributed by atoms with Crippen LogP contribution < -0.4 is 10.1 Å². The van der Waals surface area contributed by atoms with Crippen molar-refractivity contribution in [1.82, 2.24) is 19.7 Å². The number of nitrogens with one attached hydrogen (secondary N) is 1. The van der Waals surface area contributed by atoms with Crippen LogP contribution in [0.25, 0.3) is 11.0 Å². The number of rotatable bonds is 4. The SMILES string of the molecule is Cc1nn(C)c2ncc(NC(=O)c3ccc(Oc4ccccc4)nc3)cc12. The second-order valence-corrected chi connectivity index (χ2v) is 6.06. The molecule has 27 heavy (non-hydrogen) atoms. The van der Waals surface area contributed by atoms with Gasteiger partial charge in [0.2, 0.25) is 5.88 Å². The van der Waals surface area contributed by atoms with Crippen LogP contribution in [0.4, 0.5) is 5.69 Å². The first kappa shape index (κ1) is 16.7. The quantitative estimate of drug-likeness (QED) is 0.600. The Morgan fingerprint density at radius 2 is 1.89 bits per heavy atom. The van der Waals surface area contributed by atoms with Crippen LogP contribution >= 0.6 is 0 Å². The number of hydrogen-bond acceptors (Lipinski definition) is 5. The summed E-state index contributed by atoms with van der Waals surface area (Å²) in [7, 11) is 1.84. The van der Waals surface area contributed by atoms with Crippen LogP contribution in [0.2, 0.25) is 0 Å². The maximum atomic E-state index is 12.5. The minimum absolute atomic E-state index is 0.267. The van der Waals surface area contributed by atoms with E-state index in [-0.39, 0.29) is 5.91 Å². The van der Waals surface area contributed by atoms with Crippen molar-refractivity contribution in [3.05, 3.63) is 72.2 Å². The van der Waals surface area contributed by atoms with Crippen molar-refractivity contribution in [2.45, 2.75) is 6.92 Å². The average Bonchev–Trinajstić information content (AvgIpc) is 2.96. The van der Waals surface area contributed by atoms with Gasteiger partial charge in [-0.3, -0.25) is 9.48 Å². The number of fused-ring (bicyclic) bond motifs is 1. The van der Waals surface area contributed by atoms with Crippen molar-refractivity contribution in [2.24, 2.45) is 7.05 Å². The van der Waals surface area contributed by atoms with Gasteiger partial charge < -0.3 is 10.1 Å². The fraction of sp³-hybridized carbons (Fsp3) is 0.100.